The van der Waals surface area contributed by atoms with E-state index in [1.807, 2.05) is 39.0 Å². The van der Waals surface area contributed by atoms with E-state index in [0.29, 0.717) is 10.6 Å². The molecule has 0 radical (unpaired) electrons. The number of benzene rings is 4. The molecule has 1 aliphatic rings. The first-order chi connectivity index (χ1) is 22.6. The minimum Gasteiger partial charge on any atom is -0.598 e. The molecule has 0 amide bonds. The highest BCUT2D eigenvalue weighted by Gasteiger charge is 2.40. The molecule has 0 spiro atoms. The van der Waals surface area contributed by atoms with E-state index in [1.54, 1.807) is 6.07 Å². The van der Waals surface area contributed by atoms with Gasteiger partial charge in [0.25, 0.3) is 0 Å². The molecule has 244 valence electrons. The molecule has 1 fully saturated rings. The average molecular weight is 688 g/mol. The van der Waals surface area contributed by atoms with Crippen LogP contribution in [-0.2, 0) is 16.9 Å². The molecule has 2 heterocycles. The number of phenolic OH excluding ortho intramolecular Hbond substituents is 1. The topological polar surface area (TPSA) is 76.4 Å². The van der Waals surface area contributed by atoms with Crippen molar-refractivity contribution < 1.29 is 9.66 Å². The van der Waals surface area contributed by atoms with Gasteiger partial charge in [0.05, 0.1) is 16.1 Å². The van der Waals surface area contributed by atoms with Crippen molar-refractivity contribution in [3.63, 3.8) is 0 Å². The number of rotatable bonds is 9. The van der Waals surface area contributed by atoms with Crippen LogP contribution in [0, 0.1) is 5.92 Å². The third-order valence-electron chi connectivity index (χ3n) is 9.02. The van der Waals surface area contributed by atoms with Crippen molar-refractivity contribution in [1.29, 1.82) is 0 Å². The summed E-state index contributed by atoms with van der Waals surface area (Å²) in [6.07, 6.45) is 3.68. The standard InChI is InChI=1S/C38H40Cl2N4O2S/c1-37(2,3)47(46)42-36(31-25-32(39)33(40)26-34(31)45)27-19-22-43(23-20-27)35-21-24-44(41-35)38(28-13-7-4-8-14-28,29-15-9-5-10-16-29)30-17-11-6-12-18-30/h4-18,21,24-27,36,42,45H,19-20,22-23H2,1-3H3/t36?,47-/m0/s1. The van der Waals surface area contributed by atoms with Crippen LogP contribution in [0.5, 0.6) is 5.75 Å². The molecule has 9 heteroatoms. The molecule has 0 aliphatic carbocycles. The van der Waals surface area contributed by atoms with Crippen LogP contribution in [0.1, 0.15) is 61.9 Å². The molecule has 1 unspecified atom stereocenters. The number of anilines is 1. The number of aromatic hydroxyl groups is 1. The Morgan fingerprint density at radius 3 is 1.79 bits per heavy atom. The Hall–Kier alpha value is -3.46. The van der Waals surface area contributed by atoms with Crippen LogP contribution in [0.15, 0.2) is 115 Å². The third-order valence-corrected chi connectivity index (χ3v) is 11.3. The van der Waals surface area contributed by atoms with Gasteiger partial charge in [0.1, 0.15) is 16.0 Å². The highest BCUT2D eigenvalue weighted by atomic mass is 35.5. The van der Waals surface area contributed by atoms with Crippen molar-refractivity contribution >= 4 is 40.4 Å². The fourth-order valence-electron chi connectivity index (χ4n) is 6.57. The number of hydrogen-bond donors (Lipinski definition) is 2. The summed E-state index contributed by atoms with van der Waals surface area (Å²) < 4.78 is 18.3. The van der Waals surface area contributed by atoms with Crippen LogP contribution in [0.4, 0.5) is 5.82 Å². The van der Waals surface area contributed by atoms with Crippen LogP contribution >= 0.6 is 23.2 Å². The molecule has 1 aromatic heterocycles. The fourth-order valence-corrected chi connectivity index (χ4v) is 7.81. The van der Waals surface area contributed by atoms with Crippen molar-refractivity contribution in [2.45, 2.75) is 49.9 Å². The minimum absolute atomic E-state index is 0.0445. The number of piperidine rings is 1. The predicted molar refractivity (Wildman–Crippen MR) is 194 cm³/mol. The van der Waals surface area contributed by atoms with Crippen LogP contribution in [-0.4, -0.2) is 37.3 Å². The van der Waals surface area contributed by atoms with Crippen molar-refractivity contribution in [2.75, 3.05) is 18.0 Å². The molecule has 5 aromatic rings. The molecule has 0 bridgehead atoms. The van der Waals surface area contributed by atoms with E-state index >= 15 is 0 Å². The zero-order valence-corrected chi connectivity index (χ0v) is 29.1. The van der Waals surface area contributed by atoms with Crippen molar-refractivity contribution in [1.82, 2.24) is 14.5 Å². The smallest absolute Gasteiger partial charge is 0.150 e. The maximum Gasteiger partial charge on any atom is 0.150 e. The van der Waals surface area contributed by atoms with E-state index in [2.05, 4.69) is 99.4 Å². The van der Waals surface area contributed by atoms with Crippen LogP contribution < -0.4 is 9.62 Å². The van der Waals surface area contributed by atoms with E-state index < -0.39 is 21.6 Å². The first kappa shape index (κ1) is 33.4. The predicted octanol–water partition coefficient (Wildman–Crippen LogP) is 8.75. The van der Waals surface area contributed by atoms with Gasteiger partial charge in [0.2, 0.25) is 0 Å². The maximum atomic E-state index is 13.3. The van der Waals surface area contributed by atoms with Crippen LogP contribution in [0.25, 0.3) is 0 Å². The monoisotopic (exact) mass is 686 g/mol. The number of nitrogens with one attached hydrogen (secondary N) is 1. The molecule has 0 saturated carbocycles. The lowest BCUT2D eigenvalue weighted by Crippen LogP contribution is -2.46. The molecule has 1 saturated heterocycles. The maximum absolute atomic E-state index is 13.3. The molecule has 2 atom stereocenters. The summed E-state index contributed by atoms with van der Waals surface area (Å²) in [6.45, 7) is 7.29. The molecule has 47 heavy (non-hydrogen) atoms. The number of halogens is 2. The van der Waals surface area contributed by atoms with Gasteiger partial charge in [-0.3, -0.25) is 4.68 Å². The molecule has 6 nitrogen and oxygen atoms in total. The van der Waals surface area contributed by atoms with Gasteiger partial charge >= 0.3 is 0 Å². The molecular weight excluding hydrogens is 647 g/mol. The average Bonchev–Trinajstić information content (AvgIpc) is 3.57. The second-order valence-electron chi connectivity index (χ2n) is 13.1. The van der Waals surface area contributed by atoms with Gasteiger partial charge in [0.15, 0.2) is 5.82 Å². The van der Waals surface area contributed by atoms with E-state index in [1.165, 1.54) is 6.07 Å². The van der Waals surface area contributed by atoms with Gasteiger partial charge in [-0.2, -0.15) is 5.10 Å². The Morgan fingerprint density at radius 2 is 1.30 bits per heavy atom. The lowest BCUT2D eigenvalue weighted by Gasteiger charge is -2.38. The van der Waals surface area contributed by atoms with Gasteiger partial charge in [0, 0.05) is 48.3 Å². The molecule has 2 N–H and O–H groups in total. The Labute approximate surface area is 290 Å². The van der Waals surface area contributed by atoms with Crippen molar-refractivity contribution in [3.05, 3.63) is 148 Å². The van der Waals surface area contributed by atoms with Gasteiger partial charge < -0.3 is 14.6 Å². The largest absolute Gasteiger partial charge is 0.598 e. The summed E-state index contributed by atoms with van der Waals surface area (Å²) in [7, 11) is 0. The Balaban J connectivity index is 1.32. The Bertz CT molecular complexity index is 1680. The molecule has 6 rings (SSSR count). The number of phenols is 1. The lowest BCUT2D eigenvalue weighted by atomic mass is 9.77. The first-order valence-corrected chi connectivity index (χ1v) is 17.8. The minimum atomic E-state index is -1.36. The Morgan fingerprint density at radius 1 is 0.809 bits per heavy atom. The second kappa shape index (κ2) is 14.0. The van der Waals surface area contributed by atoms with Crippen LogP contribution in [0.3, 0.4) is 0 Å². The number of hydrogen-bond acceptors (Lipinski definition) is 5. The molecule has 1 aliphatic heterocycles. The summed E-state index contributed by atoms with van der Waals surface area (Å²) >= 11 is 11.2. The lowest BCUT2D eigenvalue weighted by molar-refractivity contribution is 0.316. The summed E-state index contributed by atoms with van der Waals surface area (Å²) in [6, 6.07) is 36.5. The van der Waals surface area contributed by atoms with E-state index in [9.17, 15) is 9.66 Å². The van der Waals surface area contributed by atoms with E-state index in [4.69, 9.17) is 28.3 Å². The van der Waals surface area contributed by atoms with Gasteiger partial charge in [-0.05, 0) is 62.3 Å². The van der Waals surface area contributed by atoms with Crippen molar-refractivity contribution in [2.24, 2.45) is 5.92 Å². The second-order valence-corrected chi connectivity index (χ2v) is 15.9. The first-order valence-electron chi connectivity index (χ1n) is 15.9. The van der Waals surface area contributed by atoms with Gasteiger partial charge in [-0.25, -0.2) is 0 Å². The Kier molecular flexibility index (Phi) is 9.93. The van der Waals surface area contributed by atoms with Gasteiger partial charge in [-0.1, -0.05) is 114 Å². The highest BCUT2D eigenvalue weighted by molar-refractivity contribution is 7.90. The summed E-state index contributed by atoms with van der Waals surface area (Å²) in [5.74, 6) is 1.04. The summed E-state index contributed by atoms with van der Waals surface area (Å²) in [5.41, 5.74) is 3.28. The normalized spacial score (nSPS) is 15.8. The van der Waals surface area contributed by atoms with E-state index in [0.717, 1.165) is 48.4 Å². The summed E-state index contributed by atoms with van der Waals surface area (Å²) in [5, 5.41) is 16.8. The zero-order chi connectivity index (χ0) is 33.2. The van der Waals surface area contributed by atoms with Crippen molar-refractivity contribution in [3.8, 4) is 5.75 Å². The third kappa shape index (κ3) is 6.78. The zero-order valence-electron chi connectivity index (χ0n) is 26.8. The summed E-state index contributed by atoms with van der Waals surface area (Å²) in [4.78, 5) is 2.31. The van der Waals surface area contributed by atoms with E-state index in [-0.39, 0.29) is 22.7 Å². The number of nitrogens with zero attached hydrogens (tertiary/aromatic N) is 3. The molecule has 4 aromatic carbocycles. The van der Waals surface area contributed by atoms with Gasteiger partial charge in [-0.15, -0.1) is 4.72 Å². The molecular formula is C38H40Cl2N4O2S. The SMILES string of the molecule is CC(C)(C)[S@+]([O-])NC(c1cc(Cl)c(Cl)cc1O)C1CCN(c2ccn(C(c3ccccc3)(c3ccccc3)c3ccccc3)n2)CC1. The quantitative estimate of drug-likeness (QED) is 0.120. The highest BCUT2D eigenvalue weighted by Crippen LogP contribution is 2.43. The number of aromatic nitrogens is 2. The van der Waals surface area contributed by atoms with Crippen LogP contribution in [0.2, 0.25) is 10.0 Å². The fraction of sp³-hybridized carbons (Fsp3) is 0.289.